The average molecular weight is 364 g/mol. The van der Waals surface area contributed by atoms with Gasteiger partial charge in [0.05, 0.1) is 5.52 Å². The number of aromatic nitrogens is 3. The number of rotatable bonds is 5. The molecule has 0 aliphatic carbocycles. The van der Waals surface area contributed by atoms with E-state index in [0.717, 1.165) is 30.9 Å². The minimum Gasteiger partial charge on any atom is -0.354 e. The van der Waals surface area contributed by atoms with Crippen molar-refractivity contribution in [3.05, 3.63) is 52.4 Å². The number of H-pyrrole nitrogens is 1. The molecule has 1 fully saturated rings. The number of nitrogens with zero attached hydrogens (tertiary/aromatic N) is 2. The minimum absolute atomic E-state index is 0.203. The number of piperidine rings is 1. The van der Waals surface area contributed by atoms with Crippen molar-refractivity contribution in [1.82, 2.24) is 20.3 Å². The van der Waals surface area contributed by atoms with E-state index in [4.69, 9.17) is 0 Å². The molecule has 7 nitrogen and oxygen atoms in total. The summed E-state index contributed by atoms with van der Waals surface area (Å²) in [7, 11) is 0. The van der Waals surface area contributed by atoms with E-state index in [1.54, 1.807) is 12.3 Å². The van der Waals surface area contributed by atoms with Crippen LogP contribution in [0.3, 0.4) is 0 Å². The topological polar surface area (TPSA) is 94.7 Å². The lowest BCUT2D eigenvalue weighted by Gasteiger charge is -2.23. The van der Waals surface area contributed by atoms with Gasteiger partial charge < -0.3 is 20.9 Å². The van der Waals surface area contributed by atoms with E-state index in [-0.39, 0.29) is 5.56 Å². The van der Waals surface area contributed by atoms with E-state index in [1.807, 2.05) is 31.2 Å². The summed E-state index contributed by atoms with van der Waals surface area (Å²) in [5.74, 6) is 1.61. The number of aromatic amines is 1. The van der Waals surface area contributed by atoms with Crippen molar-refractivity contribution in [3.63, 3.8) is 0 Å². The summed E-state index contributed by atoms with van der Waals surface area (Å²) in [6.07, 6.45) is 4.01. The highest BCUT2D eigenvalue weighted by Crippen LogP contribution is 2.23. The fourth-order valence-corrected chi connectivity index (χ4v) is 3.45. The molecule has 3 heterocycles. The van der Waals surface area contributed by atoms with Crippen molar-refractivity contribution in [2.45, 2.75) is 19.8 Å². The normalized spacial score (nSPS) is 17.0. The molecule has 1 atom stereocenters. The SMILES string of the molecule is Cc1cccc(Nc2nc(NC[C@@H]3CCCNC3)nc3cc[nH]c(=O)c23)c1. The maximum absolute atomic E-state index is 12.4. The standard InChI is InChI=1S/C20H24N6O/c1-13-4-2-6-15(10-13)24-18-17-16(7-9-22-19(17)27)25-20(26-18)23-12-14-5-3-8-21-11-14/h2,4,6-7,9-10,14,21H,3,5,8,11-12H2,1H3,(H,22,27)(H2,23,24,25,26)/t14-/m1/s1. The smallest absolute Gasteiger partial charge is 0.261 e. The Labute approximate surface area is 157 Å². The van der Waals surface area contributed by atoms with Crippen molar-refractivity contribution >= 4 is 28.4 Å². The van der Waals surface area contributed by atoms with Gasteiger partial charge in [-0.05, 0) is 62.5 Å². The number of benzene rings is 1. The third-order valence-electron chi connectivity index (χ3n) is 4.85. The molecule has 0 saturated carbocycles. The Balaban J connectivity index is 1.65. The number of hydrogen-bond acceptors (Lipinski definition) is 6. The van der Waals surface area contributed by atoms with Crippen molar-refractivity contribution in [3.8, 4) is 0 Å². The molecule has 1 saturated heterocycles. The highest BCUT2D eigenvalue weighted by molar-refractivity contribution is 5.90. The Hall–Kier alpha value is -2.93. The summed E-state index contributed by atoms with van der Waals surface area (Å²) in [5.41, 5.74) is 2.44. The molecule has 0 spiro atoms. The van der Waals surface area contributed by atoms with Crippen LogP contribution in [0.4, 0.5) is 17.5 Å². The number of pyridine rings is 1. The Morgan fingerprint density at radius 2 is 2.19 bits per heavy atom. The molecule has 4 N–H and O–H groups in total. The maximum Gasteiger partial charge on any atom is 0.261 e. The first-order chi connectivity index (χ1) is 13.2. The second-order valence-electron chi connectivity index (χ2n) is 7.05. The molecule has 0 amide bonds. The fraction of sp³-hybridized carbons (Fsp3) is 0.350. The lowest BCUT2D eigenvalue weighted by atomic mass is 10.00. The fourth-order valence-electron chi connectivity index (χ4n) is 3.45. The number of hydrogen-bond donors (Lipinski definition) is 4. The summed E-state index contributed by atoms with van der Waals surface area (Å²) in [4.78, 5) is 24.2. The molecule has 0 radical (unpaired) electrons. The zero-order chi connectivity index (χ0) is 18.6. The Morgan fingerprint density at radius 3 is 3.00 bits per heavy atom. The lowest BCUT2D eigenvalue weighted by molar-refractivity contribution is 0.392. The zero-order valence-electron chi connectivity index (χ0n) is 15.4. The Kier molecular flexibility index (Phi) is 5.02. The third kappa shape index (κ3) is 4.09. The first-order valence-electron chi connectivity index (χ1n) is 9.37. The summed E-state index contributed by atoms with van der Waals surface area (Å²) < 4.78 is 0. The second-order valence-corrected chi connectivity index (χ2v) is 7.05. The van der Waals surface area contributed by atoms with Crippen LogP contribution >= 0.6 is 0 Å². The van der Waals surface area contributed by atoms with Gasteiger partial charge in [0.25, 0.3) is 5.56 Å². The van der Waals surface area contributed by atoms with E-state index in [2.05, 4.69) is 30.9 Å². The lowest BCUT2D eigenvalue weighted by Crippen LogP contribution is -2.33. The summed E-state index contributed by atoms with van der Waals surface area (Å²) in [6.45, 7) is 4.94. The van der Waals surface area contributed by atoms with Crippen molar-refractivity contribution in [2.75, 3.05) is 30.3 Å². The van der Waals surface area contributed by atoms with Crippen LogP contribution < -0.4 is 21.5 Å². The third-order valence-corrected chi connectivity index (χ3v) is 4.85. The van der Waals surface area contributed by atoms with E-state index in [1.165, 1.54) is 12.8 Å². The van der Waals surface area contributed by atoms with Gasteiger partial charge in [0.1, 0.15) is 11.2 Å². The van der Waals surface area contributed by atoms with E-state index in [9.17, 15) is 4.79 Å². The predicted molar refractivity (Wildman–Crippen MR) is 109 cm³/mol. The molecule has 0 unspecified atom stereocenters. The van der Waals surface area contributed by atoms with Crippen LogP contribution in [-0.4, -0.2) is 34.6 Å². The number of aryl methyl sites for hydroxylation is 1. The van der Waals surface area contributed by atoms with Crippen LogP contribution in [0.15, 0.2) is 41.3 Å². The van der Waals surface area contributed by atoms with Gasteiger partial charge in [-0.25, -0.2) is 4.98 Å². The molecule has 2 aromatic heterocycles. The van der Waals surface area contributed by atoms with E-state index < -0.39 is 0 Å². The van der Waals surface area contributed by atoms with Crippen LogP contribution in [0.5, 0.6) is 0 Å². The molecule has 4 rings (SSSR count). The quantitative estimate of drug-likeness (QED) is 0.556. The number of nitrogens with one attached hydrogen (secondary N) is 4. The molecular formula is C20H24N6O. The highest BCUT2D eigenvalue weighted by Gasteiger charge is 2.15. The first kappa shape index (κ1) is 17.5. The van der Waals surface area contributed by atoms with Gasteiger partial charge in [-0.2, -0.15) is 4.98 Å². The van der Waals surface area contributed by atoms with Gasteiger partial charge in [0.15, 0.2) is 0 Å². The molecule has 7 heteroatoms. The minimum atomic E-state index is -0.203. The molecule has 1 aliphatic rings. The van der Waals surface area contributed by atoms with E-state index in [0.29, 0.717) is 28.6 Å². The van der Waals surface area contributed by atoms with E-state index >= 15 is 0 Å². The monoisotopic (exact) mass is 364 g/mol. The molecule has 1 aliphatic heterocycles. The van der Waals surface area contributed by atoms with Crippen molar-refractivity contribution in [2.24, 2.45) is 5.92 Å². The Morgan fingerprint density at radius 1 is 1.26 bits per heavy atom. The van der Waals surface area contributed by atoms with Gasteiger partial charge in [0.2, 0.25) is 5.95 Å². The average Bonchev–Trinajstić information content (AvgIpc) is 2.67. The zero-order valence-corrected chi connectivity index (χ0v) is 15.4. The molecule has 0 bridgehead atoms. The second kappa shape index (κ2) is 7.75. The molecule has 140 valence electrons. The van der Waals surface area contributed by atoms with Gasteiger partial charge in [-0.1, -0.05) is 12.1 Å². The maximum atomic E-state index is 12.4. The summed E-state index contributed by atoms with van der Waals surface area (Å²) >= 11 is 0. The molecule has 3 aromatic rings. The Bertz CT molecular complexity index is 993. The first-order valence-corrected chi connectivity index (χ1v) is 9.37. The predicted octanol–water partition coefficient (Wildman–Crippen LogP) is 2.78. The van der Waals surface area contributed by atoms with Crippen molar-refractivity contribution < 1.29 is 0 Å². The number of anilines is 3. The van der Waals surface area contributed by atoms with Crippen LogP contribution in [0.25, 0.3) is 10.9 Å². The van der Waals surface area contributed by atoms with Gasteiger partial charge in [-0.3, -0.25) is 4.79 Å². The van der Waals surface area contributed by atoms with Crippen molar-refractivity contribution in [1.29, 1.82) is 0 Å². The van der Waals surface area contributed by atoms with Gasteiger partial charge in [-0.15, -0.1) is 0 Å². The van der Waals surface area contributed by atoms with Gasteiger partial charge in [0, 0.05) is 18.4 Å². The van der Waals surface area contributed by atoms with Crippen LogP contribution in [-0.2, 0) is 0 Å². The summed E-state index contributed by atoms with van der Waals surface area (Å²) in [6, 6.07) is 9.78. The van der Waals surface area contributed by atoms with Crippen LogP contribution in [0.1, 0.15) is 18.4 Å². The summed E-state index contributed by atoms with van der Waals surface area (Å²) in [5, 5.41) is 10.5. The van der Waals surface area contributed by atoms with Gasteiger partial charge >= 0.3 is 0 Å². The largest absolute Gasteiger partial charge is 0.354 e. The number of fused-ring (bicyclic) bond motifs is 1. The molecular weight excluding hydrogens is 340 g/mol. The molecule has 1 aromatic carbocycles. The highest BCUT2D eigenvalue weighted by atomic mass is 16.1. The van der Waals surface area contributed by atoms with Crippen LogP contribution in [0, 0.1) is 12.8 Å². The molecule has 27 heavy (non-hydrogen) atoms. The van der Waals surface area contributed by atoms with Crippen LogP contribution in [0.2, 0.25) is 0 Å².